The second kappa shape index (κ2) is 7.86. The molecule has 0 fully saturated rings. The molecule has 0 atom stereocenters. The fourth-order valence-electron chi connectivity index (χ4n) is 1.17. The summed E-state index contributed by atoms with van der Waals surface area (Å²) in [6.45, 7) is 1.10. The van der Waals surface area contributed by atoms with Crippen molar-refractivity contribution >= 4 is 13.9 Å². The number of benzene rings is 1. The molecule has 0 aliphatic carbocycles. The van der Waals surface area contributed by atoms with Crippen LogP contribution in [0.4, 0.5) is 0 Å². The fourth-order valence-corrected chi connectivity index (χ4v) is 1.24. The summed E-state index contributed by atoms with van der Waals surface area (Å²) in [6, 6.07) is 10.6. The molecule has 0 unspecified atom stereocenters. The predicted octanol–water partition coefficient (Wildman–Crippen LogP) is 0.880. The van der Waals surface area contributed by atoms with Crippen LogP contribution in [0.15, 0.2) is 30.3 Å². The van der Waals surface area contributed by atoms with E-state index in [0.29, 0.717) is 0 Å². The first-order chi connectivity index (χ1) is 7.85. The van der Waals surface area contributed by atoms with Crippen LogP contribution in [-0.4, -0.2) is 31.6 Å². The van der Waals surface area contributed by atoms with Crippen LogP contribution in [0, 0.1) is 5.63 Å². The van der Waals surface area contributed by atoms with Crippen molar-refractivity contribution in [1.82, 2.24) is 0 Å². The number of quaternary nitrogens is 1. The Balaban J connectivity index is 0.000000366. The Hall–Kier alpha value is -1.34. The second-order valence-corrected chi connectivity index (χ2v) is 4.83. The minimum atomic E-state index is -1.54. The van der Waals surface area contributed by atoms with Gasteiger partial charge in [-0.15, -0.1) is 0 Å². The van der Waals surface area contributed by atoms with Crippen LogP contribution in [0.2, 0.25) is 0 Å². The Morgan fingerprint density at radius 3 is 2.12 bits per heavy atom. The maximum absolute atomic E-state index is 9.18. The van der Waals surface area contributed by atoms with Crippen molar-refractivity contribution in [2.75, 3.05) is 21.1 Å². The van der Waals surface area contributed by atoms with E-state index >= 15 is 0 Å². The van der Waals surface area contributed by atoms with E-state index in [1.165, 1.54) is 11.2 Å². The number of hydrogen-bond acceptors (Lipinski definition) is 3. The fraction of sp³-hybridized carbons (Fsp3) is 0.333. The third-order valence-electron chi connectivity index (χ3n) is 1.64. The van der Waals surface area contributed by atoms with Gasteiger partial charge in [0, 0.05) is 5.56 Å². The number of rotatable bonds is 2. The van der Waals surface area contributed by atoms with Crippen molar-refractivity contribution in [2.45, 2.75) is 6.54 Å². The van der Waals surface area contributed by atoms with E-state index in [1.54, 1.807) is 0 Å². The summed E-state index contributed by atoms with van der Waals surface area (Å²) in [4.78, 5) is 9.17. The molecule has 0 saturated heterocycles. The third kappa shape index (κ3) is 10.9. The van der Waals surface area contributed by atoms with Crippen LogP contribution in [-0.2, 0) is 15.9 Å². The van der Waals surface area contributed by atoms with Crippen LogP contribution < -0.4 is 5.11 Å². The Morgan fingerprint density at radius 2 is 1.82 bits per heavy atom. The third-order valence-corrected chi connectivity index (χ3v) is 1.91. The molecule has 0 aliphatic rings. The Bertz CT molecular complexity index is 445. The normalized spacial score (nSPS) is 9.59. The quantitative estimate of drug-likeness (QED) is 0.580. The molecule has 0 spiro atoms. The number of carbonyl (C=O) groups excluding carboxylic acids is 1. The summed E-state index contributed by atoms with van der Waals surface area (Å²) < 4.78 is 10.2. The SMILES string of the molecule is C[N+](C)(C)Cc1ccccc1.O=P#CC(=O)[O-]. The number of hydrogen-bond donors (Lipinski definition) is 0. The number of aliphatic carboxylic acids is 1. The summed E-state index contributed by atoms with van der Waals surface area (Å²) in [5, 5.41) is 9.17. The molecule has 0 amide bonds. The van der Waals surface area contributed by atoms with E-state index in [9.17, 15) is 14.5 Å². The summed E-state index contributed by atoms with van der Waals surface area (Å²) in [5.74, 6) is -1.54. The van der Waals surface area contributed by atoms with Gasteiger partial charge < -0.3 is 4.48 Å². The van der Waals surface area contributed by atoms with Crippen LogP contribution in [0.3, 0.4) is 0 Å². The average Bonchev–Trinajstić information content (AvgIpc) is 2.17. The van der Waals surface area contributed by atoms with Crippen molar-refractivity contribution in [3.8, 4) is 5.63 Å². The van der Waals surface area contributed by atoms with Crippen molar-refractivity contribution in [3.63, 3.8) is 0 Å². The zero-order chi connectivity index (χ0) is 13.3. The molecule has 0 N–H and O–H groups in total. The Kier molecular flexibility index (Phi) is 7.24. The molecule has 17 heavy (non-hydrogen) atoms. The zero-order valence-electron chi connectivity index (χ0n) is 10.2. The Morgan fingerprint density at radius 1 is 1.29 bits per heavy atom. The van der Waals surface area contributed by atoms with Crippen LogP contribution >= 0.6 is 7.92 Å². The van der Waals surface area contributed by atoms with Gasteiger partial charge in [-0.2, -0.15) is 0 Å². The number of carboxylic acids is 1. The van der Waals surface area contributed by atoms with Gasteiger partial charge in [-0.1, -0.05) is 30.3 Å². The van der Waals surface area contributed by atoms with Crippen LogP contribution in [0.5, 0.6) is 0 Å². The average molecular weight is 253 g/mol. The summed E-state index contributed by atoms with van der Waals surface area (Å²) in [5.41, 5.74) is 2.83. The van der Waals surface area contributed by atoms with E-state index in [1.807, 2.05) is 0 Å². The van der Waals surface area contributed by atoms with Gasteiger partial charge in [-0.3, -0.25) is 0 Å². The molecule has 4 nitrogen and oxygen atoms in total. The first-order valence-corrected chi connectivity index (χ1v) is 5.80. The van der Waals surface area contributed by atoms with Crippen LogP contribution in [0.25, 0.3) is 0 Å². The van der Waals surface area contributed by atoms with Crippen molar-refractivity contribution in [2.24, 2.45) is 0 Å². The summed E-state index contributed by atoms with van der Waals surface area (Å²) in [7, 11) is 5.97. The van der Waals surface area contributed by atoms with E-state index in [-0.39, 0.29) is 0 Å². The van der Waals surface area contributed by atoms with Crippen molar-refractivity contribution < 1.29 is 18.9 Å². The van der Waals surface area contributed by atoms with E-state index in [0.717, 1.165) is 11.0 Å². The topological polar surface area (TPSA) is 57.2 Å². The summed E-state index contributed by atoms with van der Waals surface area (Å²) >= 11 is 0. The summed E-state index contributed by atoms with van der Waals surface area (Å²) in [6.07, 6.45) is 0. The van der Waals surface area contributed by atoms with Gasteiger partial charge in [0.1, 0.15) is 6.54 Å². The minimum absolute atomic E-state index is 0.638. The molecule has 1 rings (SSSR count). The van der Waals surface area contributed by atoms with E-state index in [2.05, 4.69) is 51.5 Å². The molecule has 0 heterocycles. The van der Waals surface area contributed by atoms with Gasteiger partial charge >= 0.3 is 34.0 Å². The zero-order valence-corrected chi connectivity index (χ0v) is 11.1. The van der Waals surface area contributed by atoms with Crippen LogP contribution in [0.1, 0.15) is 5.56 Å². The molecular formula is C12H16NO3P. The Labute approximate surface area is 103 Å². The van der Waals surface area contributed by atoms with Crippen molar-refractivity contribution in [1.29, 1.82) is 0 Å². The molecular weight excluding hydrogens is 237 g/mol. The van der Waals surface area contributed by atoms with Gasteiger partial charge in [0.2, 0.25) is 0 Å². The van der Waals surface area contributed by atoms with Gasteiger partial charge in [0.15, 0.2) is 0 Å². The van der Waals surface area contributed by atoms with Gasteiger partial charge in [-0.25, -0.2) is 0 Å². The molecule has 0 saturated carbocycles. The van der Waals surface area contributed by atoms with E-state index < -0.39 is 13.9 Å². The monoisotopic (exact) mass is 253 g/mol. The second-order valence-electron chi connectivity index (χ2n) is 4.42. The number of carboxylic acid groups (broad SMARTS) is 1. The molecule has 1 aromatic rings. The van der Waals surface area contributed by atoms with Gasteiger partial charge in [0.25, 0.3) is 0 Å². The molecule has 92 valence electrons. The molecule has 0 aliphatic heterocycles. The molecule has 0 aromatic heterocycles. The molecule has 5 heteroatoms. The standard InChI is InChI=1S/C10H16N.C2HO3P/c1-11(2,3)9-10-7-5-4-6-8-10;3-2(4)1-6-5/h4-8H,9H2,1-3H3;(H,3,4)/q+1;/p-1. The number of carbonyl (C=O) groups is 1. The van der Waals surface area contributed by atoms with Crippen molar-refractivity contribution in [3.05, 3.63) is 35.9 Å². The molecule has 0 radical (unpaired) electrons. The van der Waals surface area contributed by atoms with E-state index in [4.69, 9.17) is 0 Å². The first-order valence-electron chi connectivity index (χ1n) is 4.99. The van der Waals surface area contributed by atoms with Gasteiger partial charge in [0.05, 0.1) is 21.1 Å². The number of nitrogens with zero attached hydrogens (tertiary/aromatic N) is 1. The molecule has 1 aromatic carbocycles. The predicted molar refractivity (Wildman–Crippen MR) is 64.7 cm³/mol. The van der Waals surface area contributed by atoms with Gasteiger partial charge in [-0.05, 0) is 0 Å². The maximum atomic E-state index is 9.18. The first kappa shape index (κ1) is 15.7. The molecule has 0 bridgehead atoms.